The van der Waals surface area contributed by atoms with Gasteiger partial charge in [0.25, 0.3) is 10.0 Å². The van der Waals surface area contributed by atoms with Gasteiger partial charge in [-0.2, -0.15) is 0 Å². The van der Waals surface area contributed by atoms with Crippen molar-refractivity contribution in [2.24, 2.45) is 0 Å². The Bertz CT molecular complexity index is 503. The molecule has 0 aliphatic carbocycles. The highest BCUT2D eigenvalue weighted by Gasteiger charge is 2.24. The summed E-state index contributed by atoms with van der Waals surface area (Å²) in [4.78, 5) is 0. The molecule has 0 spiro atoms. The minimum absolute atomic E-state index is 0.743. The number of fused-ring (bicyclic) bond motifs is 1. The van der Waals surface area contributed by atoms with Crippen molar-refractivity contribution >= 4 is 21.3 Å². The Balaban J connectivity index is 2.75. The largest absolute Gasteiger partial charge is 0.269 e. The third-order valence-corrected chi connectivity index (χ3v) is 3.99. The van der Waals surface area contributed by atoms with Crippen molar-refractivity contribution in [1.82, 2.24) is 0 Å². The molecule has 0 aromatic heterocycles. The number of hydrogen-bond donors (Lipinski definition) is 0. The van der Waals surface area contributed by atoms with Crippen molar-refractivity contribution < 1.29 is 8.42 Å². The number of para-hydroxylation sites is 1. The zero-order chi connectivity index (χ0) is 10.3. The van der Waals surface area contributed by atoms with E-state index >= 15 is 0 Å². The second-order valence-corrected chi connectivity index (χ2v) is 5.14. The second kappa shape index (κ2) is 2.85. The molecule has 3 nitrogen and oxygen atoms in total. The van der Waals surface area contributed by atoms with E-state index in [0.717, 1.165) is 16.8 Å². The summed E-state index contributed by atoms with van der Waals surface area (Å²) in [5, 5.41) is 1.30. The van der Waals surface area contributed by atoms with E-state index in [1.54, 1.807) is 7.05 Å². The number of allylic oxidation sites excluding steroid dienone is 1. The first kappa shape index (κ1) is 9.27. The number of anilines is 1. The molecular weight excluding hydrogens is 198 g/mol. The topological polar surface area (TPSA) is 37.4 Å². The lowest BCUT2D eigenvalue weighted by Crippen LogP contribution is -2.27. The molecule has 0 unspecified atom stereocenters. The Morgan fingerprint density at radius 2 is 1.86 bits per heavy atom. The Hall–Kier alpha value is -1.29. The summed E-state index contributed by atoms with van der Waals surface area (Å²) in [6.07, 6.45) is 0. The van der Waals surface area contributed by atoms with Crippen LogP contribution in [-0.2, 0) is 10.0 Å². The Morgan fingerprint density at radius 1 is 1.21 bits per heavy atom. The van der Waals surface area contributed by atoms with Gasteiger partial charge in [-0.05, 0) is 18.6 Å². The van der Waals surface area contributed by atoms with Crippen LogP contribution in [0.15, 0.2) is 29.7 Å². The summed E-state index contributed by atoms with van der Waals surface area (Å²) in [6, 6.07) is 7.47. The third-order valence-electron chi connectivity index (χ3n) is 2.38. The van der Waals surface area contributed by atoms with Crippen LogP contribution in [0.5, 0.6) is 0 Å². The molecule has 1 heterocycles. The highest BCUT2D eigenvalue weighted by Crippen LogP contribution is 2.33. The van der Waals surface area contributed by atoms with E-state index < -0.39 is 10.0 Å². The molecule has 14 heavy (non-hydrogen) atoms. The predicted octanol–water partition coefficient (Wildman–Crippen LogP) is 1.83. The van der Waals surface area contributed by atoms with Crippen molar-refractivity contribution in [1.29, 1.82) is 0 Å². The molecule has 4 heteroatoms. The van der Waals surface area contributed by atoms with Gasteiger partial charge in [0, 0.05) is 12.6 Å². The third kappa shape index (κ3) is 1.23. The minimum atomic E-state index is -3.25. The molecule has 0 saturated carbocycles. The van der Waals surface area contributed by atoms with Gasteiger partial charge < -0.3 is 0 Å². The van der Waals surface area contributed by atoms with Gasteiger partial charge in [0.05, 0.1) is 11.1 Å². The number of nitrogens with zero attached hydrogens (tertiary/aromatic N) is 1. The maximum Gasteiger partial charge on any atom is 0.257 e. The zero-order valence-electron chi connectivity index (χ0n) is 8.06. The van der Waals surface area contributed by atoms with Crippen molar-refractivity contribution in [3.05, 3.63) is 35.2 Å². The molecule has 0 radical (unpaired) electrons. The summed E-state index contributed by atoms with van der Waals surface area (Å²) >= 11 is 0. The summed E-state index contributed by atoms with van der Waals surface area (Å²) in [5.74, 6) is 0. The van der Waals surface area contributed by atoms with Crippen molar-refractivity contribution in [3.8, 4) is 0 Å². The molecule has 1 aliphatic rings. The first-order chi connectivity index (χ1) is 6.52. The quantitative estimate of drug-likeness (QED) is 0.653. The van der Waals surface area contributed by atoms with Crippen molar-refractivity contribution in [2.45, 2.75) is 6.92 Å². The van der Waals surface area contributed by atoms with Crippen LogP contribution in [0.25, 0.3) is 5.57 Å². The first-order valence-corrected chi connectivity index (χ1v) is 5.79. The smallest absolute Gasteiger partial charge is 0.257 e. The monoisotopic (exact) mass is 209 g/mol. The summed E-state index contributed by atoms with van der Waals surface area (Å²) in [5.41, 5.74) is 2.51. The van der Waals surface area contributed by atoms with Gasteiger partial charge in [-0.1, -0.05) is 18.2 Å². The minimum Gasteiger partial charge on any atom is -0.269 e. The SMILES string of the molecule is CC1=CS(=O)(=O)N(C)c2ccccc21. The summed E-state index contributed by atoms with van der Waals surface area (Å²) < 4.78 is 24.5. The fourth-order valence-corrected chi connectivity index (χ4v) is 2.75. The van der Waals surface area contributed by atoms with Gasteiger partial charge in [0.1, 0.15) is 0 Å². The second-order valence-electron chi connectivity index (χ2n) is 3.33. The number of rotatable bonds is 0. The molecule has 0 bridgehead atoms. The number of sulfonamides is 1. The van der Waals surface area contributed by atoms with Gasteiger partial charge >= 0.3 is 0 Å². The molecule has 1 aromatic rings. The van der Waals surface area contributed by atoms with Crippen LogP contribution in [0.3, 0.4) is 0 Å². The molecule has 2 rings (SSSR count). The van der Waals surface area contributed by atoms with E-state index in [1.807, 2.05) is 31.2 Å². The Labute approximate surface area is 83.7 Å². The van der Waals surface area contributed by atoms with Crippen LogP contribution in [0.4, 0.5) is 5.69 Å². The van der Waals surface area contributed by atoms with Crippen LogP contribution in [0.1, 0.15) is 12.5 Å². The van der Waals surface area contributed by atoms with Crippen LogP contribution >= 0.6 is 0 Å². The van der Waals surface area contributed by atoms with E-state index in [4.69, 9.17) is 0 Å². The van der Waals surface area contributed by atoms with Crippen LogP contribution in [-0.4, -0.2) is 15.5 Å². The summed E-state index contributed by atoms with van der Waals surface area (Å²) in [6.45, 7) is 1.81. The first-order valence-electron chi connectivity index (χ1n) is 4.29. The van der Waals surface area contributed by atoms with E-state index in [-0.39, 0.29) is 0 Å². The summed E-state index contributed by atoms with van der Waals surface area (Å²) in [7, 11) is -1.69. The fraction of sp³-hybridized carbons (Fsp3) is 0.200. The van der Waals surface area contributed by atoms with E-state index in [2.05, 4.69) is 0 Å². The molecule has 74 valence electrons. The van der Waals surface area contributed by atoms with Gasteiger partial charge in [-0.3, -0.25) is 4.31 Å². The molecule has 0 saturated heterocycles. The van der Waals surface area contributed by atoms with E-state index in [9.17, 15) is 8.42 Å². The molecular formula is C10H11NO2S. The Morgan fingerprint density at radius 3 is 2.57 bits per heavy atom. The van der Waals surface area contributed by atoms with Gasteiger partial charge in [-0.25, -0.2) is 8.42 Å². The van der Waals surface area contributed by atoms with Gasteiger partial charge in [-0.15, -0.1) is 0 Å². The standard InChI is InChI=1S/C10H11NO2S/c1-8-7-14(12,13)11(2)10-6-4-3-5-9(8)10/h3-7H,1-2H3. The highest BCUT2D eigenvalue weighted by atomic mass is 32.2. The predicted molar refractivity (Wildman–Crippen MR) is 57.4 cm³/mol. The normalized spacial score (nSPS) is 18.7. The van der Waals surface area contributed by atoms with Crippen molar-refractivity contribution in [2.75, 3.05) is 11.4 Å². The molecule has 0 N–H and O–H groups in total. The molecule has 0 amide bonds. The Kier molecular flexibility index (Phi) is 1.89. The number of benzene rings is 1. The van der Waals surface area contributed by atoms with Gasteiger partial charge in [0.15, 0.2) is 0 Å². The van der Waals surface area contributed by atoms with E-state index in [1.165, 1.54) is 9.71 Å². The maximum atomic E-state index is 11.6. The average molecular weight is 209 g/mol. The lowest BCUT2D eigenvalue weighted by atomic mass is 10.1. The highest BCUT2D eigenvalue weighted by molar-refractivity contribution is 7.95. The molecule has 1 aliphatic heterocycles. The molecule has 0 atom stereocenters. The molecule has 1 aromatic carbocycles. The molecule has 0 fully saturated rings. The number of hydrogen-bond acceptors (Lipinski definition) is 2. The fourth-order valence-electron chi connectivity index (χ4n) is 1.58. The van der Waals surface area contributed by atoms with E-state index in [0.29, 0.717) is 0 Å². The van der Waals surface area contributed by atoms with Gasteiger partial charge in [0.2, 0.25) is 0 Å². The van der Waals surface area contributed by atoms with Crippen LogP contribution in [0, 0.1) is 0 Å². The maximum absolute atomic E-state index is 11.6. The van der Waals surface area contributed by atoms with Crippen LogP contribution < -0.4 is 4.31 Å². The van der Waals surface area contributed by atoms with Crippen molar-refractivity contribution in [3.63, 3.8) is 0 Å². The van der Waals surface area contributed by atoms with Crippen LogP contribution in [0.2, 0.25) is 0 Å². The lowest BCUT2D eigenvalue weighted by molar-refractivity contribution is 0.602. The lowest BCUT2D eigenvalue weighted by Gasteiger charge is -2.25. The zero-order valence-corrected chi connectivity index (χ0v) is 8.88. The average Bonchev–Trinajstić information content (AvgIpc) is 2.14.